The van der Waals surface area contributed by atoms with Gasteiger partial charge in [0.05, 0.1) is 11.8 Å². The molecule has 2 unspecified atom stereocenters. The van der Waals surface area contributed by atoms with E-state index in [1.807, 2.05) is 13.8 Å². The molecule has 0 heterocycles. The molecule has 0 aromatic rings. The third-order valence-corrected chi connectivity index (χ3v) is 5.38. The number of amidine groups is 4. The van der Waals surface area contributed by atoms with Crippen molar-refractivity contribution in [3.05, 3.63) is 0 Å². The molecule has 0 aliphatic rings. The van der Waals surface area contributed by atoms with E-state index in [1.54, 1.807) is 0 Å². The molecule has 0 amide bonds. The molecule has 0 saturated heterocycles. The zero-order chi connectivity index (χ0) is 22.8. The Balaban J connectivity index is 3.73. The average Bonchev–Trinajstić information content (AvgIpc) is 2.67. The highest BCUT2D eigenvalue weighted by molar-refractivity contribution is 6.03. The second-order valence-corrected chi connectivity index (χ2v) is 7.93. The van der Waals surface area contributed by atoms with Gasteiger partial charge in [0, 0.05) is 13.1 Å². The minimum atomic E-state index is -0.198. The van der Waals surface area contributed by atoms with Gasteiger partial charge in [-0.25, -0.2) is 0 Å². The third kappa shape index (κ3) is 13.2. The average molecular weight is 423 g/mol. The fourth-order valence-electron chi connectivity index (χ4n) is 3.62. The molecule has 30 heavy (non-hydrogen) atoms. The molecule has 10 N–H and O–H groups in total. The quantitative estimate of drug-likeness (QED) is 0.106. The Morgan fingerprint density at radius 1 is 0.567 bits per heavy atom. The highest BCUT2D eigenvalue weighted by atomic mass is 14.9. The lowest BCUT2D eigenvalue weighted by molar-refractivity contribution is 0.533. The largest absolute Gasteiger partial charge is 0.387 e. The second kappa shape index (κ2) is 17.7. The number of unbranched alkanes of at least 4 members (excludes halogenated alkanes) is 9. The van der Waals surface area contributed by atoms with E-state index in [9.17, 15) is 0 Å². The van der Waals surface area contributed by atoms with Crippen LogP contribution in [0, 0.1) is 22.7 Å². The van der Waals surface area contributed by atoms with Crippen LogP contribution >= 0.6 is 0 Å². The Hall–Kier alpha value is -2.12. The lowest BCUT2D eigenvalue weighted by Gasteiger charge is -2.15. The number of nitrogens with two attached hydrogens (primary N) is 4. The van der Waals surface area contributed by atoms with Crippen molar-refractivity contribution < 1.29 is 0 Å². The molecule has 0 aromatic heterocycles. The molecule has 0 bridgehead atoms. The predicted molar refractivity (Wildman–Crippen MR) is 131 cm³/mol. The molecule has 0 fully saturated rings. The van der Waals surface area contributed by atoms with E-state index in [-0.39, 0.29) is 23.5 Å². The number of nitrogens with one attached hydrogen (secondary N) is 2. The van der Waals surface area contributed by atoms with Gasteiger partial charge in [0.2, 0.25) is 0 Å². The van der Waals surface area contributed by atoms with Gasteiger partial charge in [-0.3, -0.25) is 20.8 Å². The van der Waals surface area contributed by atoms with Crippen LogP contribution in [0.15, 0.2) is 9.98 Å². The molecule has 0 aromatic carbocycles. The third-order valence-electron chi connectivity index (χ3n) is 5.38. The minimum absolute atomic E-state index is 0.125. The van der Waals surface area contributed by atoms with Crippen LogP contribution in [0.25, 0.3) is 0 Å². The number of hydrogen-bond donors (Lipinski definition) is 6. The van der Waals surface area contributed by atoms with E-state index < -0.39 is 0 Å². The highest BCUT2D eigenvalue weighted by Crippen LogP contribution is 2.16. The number of aliphatic imine (C=N–C) groups is 2. The first-order valence-corrected chi connectivity index (χ1v) is 11.6. The van der Waals surface area contributed by atoms with E-state index >= 15 is 0 Å². The Morgan fingerprint density at radius 3 is 1.07 bits per heavy atom. The first kappa shape index (κ1) is 27.9. The Morgan fingerprint density at radius 2 is 0.833 bits per heavy atom. The normalized spacial score (nSPS) is 14.5. The summed E-state index contributed by atoms with van der Waals surface area (Å²) >= 11 is 0. The second-order valence-electron chi connectivity index (χ2n) is 7.93. The summed E-state index contributed by atoms with van der Waals surface area (Å²) in [6, 6.07) is 0. The summed E-state index contributed by atoms with van der Waals surface area (Å²) in [6.07, 6.45) is 13.5. The number of rotatable bonds is 19. The maximum atomic E-state index is 7.67. The first-order valence-electron chi connectivity index (χ1n) is 11.6. The van der Waals surface area contributed by atoms with Crippen molar-refractivity contribution in [2.24, 2.45) is 44.8 Å². The molecule has 0 radical (unpaired) electrons. The van der Waals surface area contributed by atoms with Gasteiger partial charge in [-0.1, -0.05) is 64.2 Å². The van der Waals surface area contributed by atoms with Crippen LogP contribution in [0.3, 0.4) is 0 Å². The van der Waals surface area contributed by atoms with Gasteiger partial charge >= 0.3 is 0 Å². The van der Waals surface area contributed by atoms with Gasteiger partial charge in [-0.05, 0) is 26.7 Å². The van der Waals surface area contributed by atoms with E-state index in [0.29, 0.717) is 24.8 Å². The predicted octanol–water partition coefficient (Wildman–Crippen LogP) is 3.53. The Labute approximate surface area is 183 Å². The summed E-state index contributed by atoms with van der Waals surface area (Å²) in [6.45, 7) is 5.14. The smallest absolute Gasteiger partial charge is 0.104 e. The monoisotopic (exact) mass is 422 g/mol. The molecule has 174 valence electrons. The zero-order valence-electron chi connectivity index (χ0n) is 19.3. The molecule has 2 atom stereocenters. The Kier molecular flexibility index (Phi) is 16.5. The Bertz CT molecular complexity index is 493. The van der Waals surface area contributed by atoms with Crippen molar-refractivity contribution in [3.63, 3.8) is 0 Å². The van der Waals surface area contributed by atoms with Crippen LogP contribution < -0.4 is 22.9 Å². The van der Waals surface area contributed by atoms with Crippen molar-refractivity contribution in [2.75, 3.05) is 13.1 Å². The molecular weight excluding hydrogens is 376 g/mol. The van der Waals surface area contributed by atoms with E-state index in [0.717, 1.165) is 38.5 Å². The topological polar surface area (TPSA) is 176 Å². The minimum Gasteiger partial charge on any atom is -0.387 e. The van der Waals surface area contributed by atoms with Crippen LogP contribution in [0.5, 0.6) is 0 Å². The summed E-state index contributed by atoms with van der Waals surface area (Å²) < 4.78 is 0. The van der Waals surface area contributed by atoms with Gasteiger partial charge in [-0.15, -0.1) is 0 Å². The van der Waals surface area contributed by atoms with E-state index in [1.165, 1.54) is 38.5 Å². The lowest BCUT2D eigenvalue weighted by atomic mass is 9.97. The van der Waals surface area contributed by atoms with Crippen LogP contribution in [-0.4, -0.2) is 36.4 Å². The standard InChI is InChI=1S/C22H46N8/c1-3-29-21(27)17(19(23)24)15-13-11-9-7-5-6-8-10-12-14-16-18(20(25)26)22(28)30-4-2/h17-18H,3-16H2,1-2H3,(H3,23,24)(H3,25,26)(H2,27,29)(H2,28,30). The number of nitrogens with zero attached hydrogens (tertiary/aromatic N) is 2. The van der Waals surface area contributed by atoms with Gasteiger partial charge in [0.15, 0.2) is 0 Å². The molecule has 0 rings (SSSR count). The van der Waals surface area contributed by atoms with Crippen molar-refractivity contribution in [3.8, 4) is 0 Å². The molecule has 8 heteroatoms. The van der Waals surface area contributed by atoms with Crippen LogP contribution in [0.4, 0.5) is 0 Å². The fraction of sp³-hybridized carbons (Fsp3) is 0.818. The van der Waals surface area contributed by atoms with Crippen molar-refractivity contribution >= 4 is 23.3 Å². The van der Waals surface area contributed by atoms with Crippen molar-refractivity contribution in [1.29, 1.82) is 10.8 Å². The van der Waals surface area contributed by atoms with Gasteiger partial charge in [0.25, 0.3) is 0 Å². The summed E-state index contributed by atoms with van der Waals surface area (Å²) in [5, 5.41) is 15.3. The summed E-state index contributed by atoms with van der Waals surface area (Å²) in [5.74, 6) is 0.853. The molecule has 0 aliphatic carbocycles. The van der Waals surface area contributed by atoms with E-state index in [2.05, 4.69) is 9.98 Å². The zero-order valence-corrected chi connectivity index (χ0v) is 19.3. The highest BCUT2D eigenvalue weighted by Gasteiger charge is 2.16. The van der Waals surface area contributed by atoms with Crippen LogP contribution in [0.2, 0.25) is 0 Å². The maximum Gasteiger partial charge on any atom is 0.104 e. The molecule has 0 spiro atoms. The van der Waals surface area contributed by atoms with Crippen LogP contribution in [-0.2, 0) is 0 Å². The van der Waals surface area contributed by atoms with Gasteiger partial charge in [0.1, 0.15) is 23.3 Å². The number of hydrogen-bond acceptors (Lipinski definition) is 4. The molecular formula is C22H46N8. The van der Waals surface area contributed by atoms with Crippen molar-refractivity contribution in [1.82, 2.24) is 0 Å². The van der Waals surface area contributed by atoms with Gasteiger partial charge < -0.3 is 22.9 Å². The van der Waals surface area contributed by atoms with Crippen molar-refractivity contribution in [2.45, 2.75) is 90.9 Å². The summed E-state index contributed by atoms with van der Waals surface area (Å²) in [4.78, 5) is 8.39. The SMILES string of the molecule is CCN=C(N)C(CCCCCCCCCCCCC(C(=N)N)C(N)=NCC)C(=N)N. The first-order chi connectivity index (χ1) is 14.3. The summed E-state index contributed by atoms with van der Waals surface area (Å²) in [5.41, 5.74) is 23.1. The summed E-state index contributed by atoms with van der Waals surface area (Å²) in [7, 11) is 0. The molecule has 0 saturated carbocycles. The van der Waals surface area contributed by atoms with Gasteiger partial charge in [-0.2, -0.15) is 0 Å². The molecule has 8 nitrogen and oxygen atoms in total. The fourth-order valence-corrected chi connectivity index (χ4v) is 3.62. The maximum absolute atomic E-state index is 7.67. The molecule has 0 aliphatic heterocycles. The lowest BCUT2D eigenvalue weighted by Crippen LogP contribution is -2.35. The van der Waals surface area contributed by atoms with Crippen LogP contribution in [0.1, 0.15) is 90.9 Å². The van der Waals surface area contributed by atoms with E-state index in [4.69, 9.17) is 33.8 Å².